The highest BCUT2D eigenvalue weighted by Gasteiger charge is 2.20. The van der Waals surface area contributed by atoms with E-state index in [9.17, 15) is 0 Å². The van der Waals surface area contributed by atoms with Crippen LogP contribution in [0.4, 0.5) is 0 Å². The third-order valence-corrected chi connectivity index (χ3v) is 3.90. The van der Waals surface area contributed by atoms with E-state index in [4.69, 9.17) is 23.2 Å². The molecule has 1 unspecified atom stereocenters. The summed E-state index contributed by atoms with van der Waals surface area (Å²) in [7, 11) is 6.00. The number of benzene rings is 1. The summed E-state index contributed by atoms with van der Waals surface area (Å²) in [6, 6.07) is 7.76. The molecule has 0 aliphatic rings. The van der Waals surface area contributed by atoms with Crippen LogP contribution in [-0.2, 0) is 6.54 Å². The van der Waals surface area contributed by atoms with Crippen molar-refractivity contribution >= 4 is 23.2 Å². The Balaban J connectivity index is 2.33. The molecule has 0 bridgehead atoms. The van der Waals surface area contributed by atoms with E-state index in [0.29, 0.717) is 5.02 Å². The molecule has 21 heavy (non-hydrogen) atoms. The second-order valence-electron chi connectivity index (χ2n) is 5.18. The molecule has 0 saturated heterocycles. The van der Waals surface area contributed by atoms with E-state index in [0.717, 1.165) is 29.4 Å². The lowest BCUT2D eigenvalue weighted by molar-refractivity contribution is 0.366. The van der Waals surface area contributed by atoms with Gasteiger partial charge in [-0.25, -0.2) is 0 Å². The van der Waals surface area contributed by atoms with Crippen LogP contribution in [0.1, 0.15) is 17.3 Å². The van der Waals surface area contributed by atoms with Crippen LogP contribution in [0.2, 0.25) is 10.0 Å². The third-order valence-electron chi connectivity index (χ3n) is 3.36. The third kappa shape index (κ3) is 3.98. The zero-order valence-electron chi connectivity index (χ0n) is 12.5. The van der Waals surface area contributed by atoms with Crippen molar-refractivity contribution in [2.75, 3.05) is 27.7 Å². The Morgan fingerprint density at radius 3 is 2.48 bits per heavy atom. The van der Waals surface area contributed by atoms with Crippen molar-refractivity contribution in [3.8, 4) is 0 Å². The summed E-state index contributed by atoms with van der Waals surface area (Å²) >= 11 is 12.3. The highest BCUT2D eigenvalue weighted by molar-refractivity contribution is 6.31. The van der Waals surface area contributed by atoms with Crippen molar-refractivity contribution in [2.24, 2.45) is 0 Å². The molecule has 114 valence electrons. The number of aromatic nitrogens is 2. The molecule has 1 N–H and O–H groups in total. The average molecular weight is 327 g/mol. The molecule has 0 amide bonds. The van der Waals surface area contributed by atoms with Crippen LogP contribution < -0.4 is 5.32 Å². The first kappa shape index (κ1) is 16.3. The number of rotatable bonds is 6. The normalized spacial score (nSPS) is 12.9. The summed E-state index contributed by atoms with van der Waals surface area (Å²) in [5.74, 6) is 0. The quantitative estimate of drug-likeness (QED) is 0.885. The molecular formula is C15H20Cl2N4. The molecule has 6 heteroatoms. The van der Waals surface area contributed by atoms with Crippen molar-refractivity contribution in [3.05, 3.63) is 51.8 Å². The Kier molecular flexibility index (Phi) is 5.65. The maximum atomic E-state index is 6.35. The molecule has 4 nitrogen and oxygen atoms in total. The molecule has 0 spiro atoms. The fraction of sp³-hybridized carbons (Fsp3) is 0.400. The minimum Gasteiger partial charge on any atom is -0.308 e. The molecule has 1 heterocycles. The van der Waals surface area contributed by atoms with E-state index in [2.05, 4.69) is 15.3 Å². The maximum Gasteiger partial charge on any atom is 0.0837 e. The van der Waals surface area contributed by atoms with Crippen LogP contribution in [0.25, 0.3) is 0 Å². The Hall–Kier alpha value is -1.07. The number of halogens is 2. The summed E-state index contributed by atoms with van der Waals surface area (Å²) in [4.78, 5) is 2.12. The average Bonchev–Trinajstić information content (AvgIpc) is 2.81. The van der Waals surface area contributed by atoms with Crippen LogP contribution in [-0.4, -0.2) is 42.4 Å². The van der Waals surface area contributed by atoms with Crippen molar-refractivity contribution in [1.29, 1.82) is 0 Å². The maximum absolute atomic E-state index is 6.35. The summed E-state index contributed by atoms with van der Waals surface area (Å²) in [5, 5.41) is 9.09. The summed E-state index contributed by atoms with van der Waals surface area (Å²) < 4.78 is 1.96. The molecule has 0 aliphatic carbocycles. The van der Waals surface area contributed by atoms with Crippen LogP contribution >= 0.6 is 23.2 Å². The number of hydrogen-bond donors (Lipinski definition) is 1. The van der Waals surface area contributed by atoms with Gasteiger partial charge in [0, 0.05) is 11.6 Å². The second-order valence-corrected chi connectivity index (χ2v) is 6.02. The molecule has 0 radical (unpaired) electrons. The predicted octanol–water partition coefficient (Wildman–Crippen LogP) is 3.06. The van der Waals surface area contributed by atoms with Gasteiger partial charge in [0.05, 0.1) is 29.5 Å². The van der Waals surface area contributed by atoms with Gasteiger partial charge < -0.3 is 10.2 Å². The first-order valence-corrected chi connectivity index (χ1v) is 7.57. The Bertz CT molecular complexity index is 578. The van der Waals surface area contributed by atoms with Gasteiger partial charge in [-0.05, 0) is 38.8 Å². The smallest absolute Gasteiger partial charge is 0.0837 e. The van der Waals surface area contributed by atoms with Crippen molar-refractivity contribution < 1.29 is 0 Å². The highest BCUT2D eigenvalue weighted by Crippen LogP contribution is 2.28. The van der Waals surface area contributed by atoms with E-state index >= 15 is 0 Å². The van der Waals surface area contributed by atoms with Crippen molar-refractivity contribution in [2.45, 2.75) is 12.6 Å². The number of nitrogens with zero attached hydrogens (tertiary/aromatic N) is 3. The molecule has 1 atom stereocenters. The molecular weight excluding hydrogens is 307 g/mol. The topological polar surface area (TPSA) is 33.1 Å². The zero-order chi connectivity index (χ0) is 15.4. The summed E-state index contributed by atoms with van der Waals surface area (Å²) in [6.45, 7) is 1.70. The summed E-state index contributed by atoms with van der Waals surface area (Å²) in [5.41, 5.74) is 2.08. The van der Waals surface area contributed by atoms with E-state index in [1.54, 1.807) is 6.20 Å². The van der Waals surface area contributed by atoms with Crippen molar-refractivity contribution in [1.82, 2.24) is 20.0 Å². The molecule has 1 aromatic carbocycles. The molecule has 0 fully saturated rings. The molecule has 0 saturated carbocycles. The highest BCUT2D eigenvalue weighted by atomic mass is 35.5. The number of likely N-dealkylation sites (N-methyl/N-ethyl adjacent to an activating group) is 1. The van der Waals surface area contributed by atoms with Crippen LogP contribution in [0.3, 0.4) is 0 Å². The van der Waals surface area contributed by atoms with E-state index in [1.165, 1.54) is 0 Å². The van der Waals surface area contributed by atoms with Crippen LogP contribution in [0.5, 0.6) is 0 Å². The van der Waals surface area contributed by atoms with Gasteiger partial charge in [0.1, 0.15) is 0 Å². The minimum atomic E-state index is -0.0144. The molecule has 0 aliphatic heterocycles. The van der Waals surface area contributed by atoms with Gasteiger partial charge in [-0.3, -0.25) is 4.68 Å². The second kappa shape index (κ2) is 7.27. The van der Waals surface area contributed by atoms with Gasteiger partial charge in [-0.1, -0.05) is 35.3 Å². The lowest BCUT2D eigenvalue weighted by atomic mass is 10.0. The molecule has 1 aromatic heterocycles. The Morgan fingerprint density at radius 2 is 1.90 bits per heavy atom. The van der Waals surface area contributed by atoms with E-state index < -0.39 is 0 Å². The standard InChI is InChI=1S/C15H20Cl2N4/c1-18-14(11-4-6-12(16)7-5-11)15-13(17)10-19-21(15)9-8-20(2)3/h4-7,10,14,18H,8-9H2,1-3H3. The minimum absolute atomic E-state index is 0.0144. The van der Waals surface area contributed by atoms with Crippen molar-refractivity contribution in [3.63, 3.8) is 0 Å². The van der Waals surface area contributed by atoms with Gasteiger partial charge >= 0.3 is 0 Å². The van der Waals surface area contributed by atoms with Crippen LogP contribution in [0.15, 0.2) is 30.5 Å². The Morgan fingerprint density at radius 1 is 1.24 bits per heavy atom. The number of hydrogen-bond acceptors (Lipinski definition) is 3. The number of nitrogens with one attached hydrogen (secondary N) is 1. The van der Waals surface area contributed by atoms with Gasteiger partial charge in [-0.15, -0.1) is 0 Å². The Labute approximate surface area is 135 Å². The lowest BCUT2D eigenvalue weighted by Gasteiger charge is -2.20. The van der Waals surface area contributed by atoms with Gasteiger partial charge in [0.2, 0.25) is 0 Å². The molecule has 2 aromatic rings. The first-order chi connectivity index (χ1) is 10.0. The monoisotopic (exact) mass is 326 g/mol. The fourth-order valence-corrected chi connectivity index (χ4v) is 2.62. The SMILES string of the molecule is CNC(c1ccc(Cl)cc1)c1c(Cl)cnn1CCN(C)C. The fourth-order valence-electron chi connectivity index (χ4n) is 2.25. The molecule has 2 rings (SSSR count). The van der Waals surface area contributed by atoms with Crippen LogP contribution in [0, 0.1) is 0 Å². The van der Waals surface area contributed by atoms with E-state index in [1.807, 2.05) is 50.1 Å². The van der Waals surface area contributed by atoms with Gasteiger partial charge in [0.15, 0.2) is 0 Å². The first-order valence-electron chi connectivity index (χ1n) is 6.81. The lowest BCUT2D eigenvalue weighted by Crippen LogP contribution is -2.25. The zero-order valence-corrected chi connectivity index (χ0v) is 14.0. The predicted molar refractivity (Wildman–Crippen MR) is 88.1 cm³/mol. The largest absolute Gasteiger partial charge is 0.308 e. The van der Waals surface area contributed by atoms with E-state index in [-0.39, 0.29) is 6.04 Å². The van der Waals surface area contributed by atoms with Gasteiger partial charge in [0.25, 0.3) is 0 Å². The van der Waals surface area contributed by atoms with Gasteiger partial charge in [-0.2, -0.15) is 5.10 Å². The summed E-state index contributed by atoms with van der Waals surface area (Å²) in [6.07, 6.45) is 1.70.